The Hall–Kier alpha value is -2.68. The van der Waals surface area contributed by atoms with Gasteiger partial charge in [-0.1, -0.05) is 54.6 Å². The average Bonchev–Trinajstić information content (AvgIpc) is 3.17. The van der Waals surface area contributed by atoms with E-state index in [-0.39, 0.29) is 5.92 Å². The number of nitrogens with zero attached hydrogens (tertiary/aromatic N) is 3. The molecule has 0 N–H and O–H groups in total. The summed E-state index contributed by atoms with van der Waals surface area (Å²) in [5, 5.41) is 4.71. The van der Waals surface area contributed by atoms with Gasteiger partial charge in [0.25, 0.3) is 0 Å². The van der Waals surface area contributed by atoms with Gasteiger partial charge in [0.2, 0.25) is 0 Å². The molecular formula is C17H13N3. The van der Waals surface area contributed by atoms with Gasteiger partial charge in [0.1, 0.15) is 0 Å². The van der Waals surface area contributed by atoms with E-state index >= 15 is 0 Å². The molecule has 0 bridgehead atoms. The van der Waals surface area contributed by atoms with Crippen molar-refractivity contribution in [1.29, 1.82) is 0 Å². The van der Waals surface area contributed by atoms with Crippen molar-refractivity contribution in [2.24, 2.45) is 0 Å². The van der Waals surface area contributed by atoms with Gasteiger partial charge in [0.15, 0.2) is 5.65 Å². The number of hydrogen-bond acceptors (Lipinski definition) is 2. The lowest BCUT2D eigenvalue weighted by atomic mass is 10.1. The Kier molecular flexibility index (Phi) is 2.49. The molecule has 0 saturated carbocycles. The van der Waals surface area contributed by atoms with Gasteiger partial charge in [0, 0.05) is 23.7 Å². The summed E-state index contributed by atoms with van der Waals surface area (Å²) >= 11 is 0. The number of benzene rings is 1. The minimum Gasteiger partial charge on any atom is -0.237 e. The molecule has 1 aliphatic rings. The van der Waals surface area contributed by atoms with E-state index in [2.05, 4.69) is 41.4 Å². The number of allylic oxidation sites excluding steroid dienone is 4. The summed E-state index contributed by atoms with van der Waals surface area (Å²) in [7, 11) is 0. The van der Waals surface area contributed by atoms with E-state index in [4.69, 9.17) is 5.10 Å². The van der Waals surface area contributed by atoms with Gasteiger partial charge in [-0.3, -0.25) is 0 Å². The lowest BCUT2D eigenvalue weighted by molar-refractivity contribution is 0.839. The second kappa shape index (κ2) is 4.46. The van der Waals surface area contributed by atoms with Crippen LogP contribution in [0.2, 0.25) is 0 Å². The summed E-state index contributed by atoms with van der Waals surface area (Å²) in [6.07, 6.45) is 10.3. The highest BCUT2D eigenvalue weighted by molar-refractivity contribution is 5.64. The van der Waals surface area contributed by atoms with Crippen LogP contribution in [0, 0.1) is 0 Å². The van der Waals surface area contributed by atoms with Crippen LogP contribution in [0.5, 0.6) is 0 Å². The molecule has 3 nitrogen and oxygen atoms in total. The van der Waals surface area contributed by atoms with Gasteiger partial charge in [-0.05, 0) is 6.07 Å². The van der Waals surface area contributed by atoms with E-state index in [1.54, 1.807) is 0 Å². The molecule has 2 aromatic heterocycles. The van der Waals surface area contributed by atoms with Crippen molar-refractivity contribution in [3.05, 3.63) is 78.7 Å². The van der Waals surface area contributed by atoms with Crippen LogP contribution in [-0.4, -0.2) is 14.6 Å². The Labute approximate surface area is 116 Å². The van der Waals surface area contributed by atoms with Crippen molar-refractivity contribution in [2.45, 2.75) is 5.92 Å². The molecule has 1 aromatic carbocycles. The van der Waals surface area contributed by atoms with Gasteiger partial charge in [0.05, 0.1) is 11.4 Å². The van der Waals surface area contributed by atoms with E-state index < -0.39 is 0 Å². The van der Waals surface area contributed by atoms with Crippen molar-refractivity contribution >= 4 is 5.65 Å². The number of aromatic nitrogens is 3. The fourth-order valence-electron chi connectivity index (χ4n) is 2.55. The van der Waals surface area contributed by atoms with E-state index in [0.29, 0.717) is 0 Å². The SMILES string of the molecule is C1=CC(c2ccnc3cc(-c4ccccc4)nn23)C=C1. The van der Waals surface area contributed by atoms with E-state index in [9.17, 15) is 0 Å². The predicted molar refractivity (Wildman–Crippen MR) is 79.4 cm³/mol. The highest BCUT2D eigenvalue weighted by Crippen LogP contribution is 2.25. The highest BCUT2D eigenvalue weighted by atomic mass is 15.3. The van der Waals surface area contributed by atoms with E-state index in [1.165, 1.54) is 0 Å². The lowest BCUT2D eigenvalue weighted by Crippen LogP contribution is -2.02. The fourth-order valence-corrected chi connectivity index (χ4v) is 2.55. The van der Waals surface area contributed by atoms with Crippen LogP contribution < -0.4 is 0 Å². The predicted octanol–water partition coefficient (Wildman–Crippen LogP) is 3.61. The summed E-state index contributed by atoms with van der Waals surface area (Å²) in [6.45, 7) is 0. The van der Waals surface area contributed by atoms with Crippen LogP contribution in [-0.2, 0) is 0 Å². The number of hydrogen-bond donors (Lipinski definition) is 0. The number of rotatable bonds is 2. The van der Waals surface area contributed by atoms with Gasteiger partial charge in [-0.25, -0.2) is 9.50 Å². The smallest absolute Gasteiger partial charge is 0.155 e. The van der Waals surface area contributed by atoms with Crippen LogP contribution in [0.3, 0.4) is 0 Å². The molecule has 1 aliphatic carbocycles. The topological polar surface area (TPSA) is 30.2 Å². The first kappa shape index (κ1) is 11.2. The van der Waals surface area contributed by atoms with E-state index in [0.717, 1.165) is 22.6 Å². The first-order valence-corrected chi connectivity index (χ1v) is 6.67. The lowest BCUT2D eigenvalue weighted by Gasteiger charge is -2.07. The number of fused-ring (bicyclic) bond motifs is 1. The Balaban J connectivity index is 1.89. The van der Waals surface area contributed by atoms with Crippen molar-refractivity contribution < 1.29 is 0 Å². The molecule has 4 rings (SSSR count). The molecule has 0 aliphatic heterocycles. The van der Waals surface area contributed by atoms with Crippen LogP contribution in [0.25, 0.3) is 16.9 Å². The Bertz CT molecular complexity index is 801. The summed E-state index contributed by atoms with van der Waals surface area (Å²) < 4.78 is 1.94. The molecule has 2 heterocycles. The molecule has 0 spiro atoms. The monoisotopic (exact) mass is 259 g/mol. The van der Waals surface area contributed by atoms with Gasteiger partial charge >= 0.3 is 0 Å². The minimum absolute atomic E-state index is 0.282. The third-order valence-corrected chi connectivity index (χ3v) is 3.55. The molecule has 0 fully saturated rings. The summed E-state index contributed by atoms with van der Waals surface area (Å²) in [4.78, 5) is 4.41. The summed E-state index contributed by atoms with van der Waals surface area (Å²) in [5.41, 5.74) is 4.09. The maximum atomic E-state index is 4.71. The Morgan fingerprint density at radius 2 is 1.75 bits per heavy atom. The second-order valence-corrected chi connectivity index (χ2v) is 4.83. The first-order chi connectivity index (χ1) is 9.92. The minimum atomic E-state index is 0.282. The second-order valence-electron chi connectivity index (χ2n) is 4.83. The van der Waals surface area contributed by atoms with Gasteiger partial charge in [-0.15, -0.1) is 0 Å². The van der Waals surface area contributed by atoms with Crippen molar-refractivity contribution in [3.8, 4) is 11.3 Å². The molecule has 3 aromatic rings. The van der Waals surface area contributed by atoms with Crippen LogP contribution in [0.1, 0.15) is 11.6 Å². The summed E-state index contributed by atoms with van der Waals surface area (Å²) in [6, 6.07) is 14.2. The van der Waals surface area contributed by atoms with Crippen LogP contribution in [0.15, 0.2) is 73.0 Å². The zero-order chi connectivity index (χ0) is 13.4. The maximum absolute atomic E-state index is 4.71. The Morgan fingerprint density at radius 3 is 2.55 bits per heavy atom. The third kappa shape index (κ3) is 1.75. The van der Waals surface area contributed by atoms with Crippen molar-refractivity contribution in [1.82, 2.24) is 14.6 Å². The maximum Gasteiger partial charge on any atom is 0.155 e. The molecule has 0 radical (unpaired) electrons. The Morgan fingerprint density at radius 1 is 0.950 bits per heavy atom. The zero-order valence-electron chi connectivity index (χ0n) is 10.8. The molecule has 0 atom stereocenters. The first-order valence-electron chi connectivity index (χ1n) is 6.67. The molecular weight excluding hydrogens is 246 g/mol. The van der Waals surface area contributed by atoms with E-state index in [1.807, 2.05) is 41.0 Å². The normalized spacial score (nSPS) is 14.4. The molecule has 0 saturated heterocycles. The van der Waals surface area contributed by atoms with Crippen molar-refractivity contribution in [2.75, 3.05) is 0 Å². The third-order valence-electron chi connectivity index (χ3n) is 3.55. The van der Waals surface area contributed by atoms with Gasteiger partial charge < -0.3 is 0 Å². The largest absolute Gasteiger partial charge is 0.237 e. The van der Waals surface area contributed by atoms with Crippen LogP contribution >= 0.6 is 0 Å². The quantitative estimate of drug-likeness (QED) is 0.703. The fraction of sp³-hybridized carbons (Fsp3) is 0.0588. The zero-order valence-corrected chi connectivity index (χ0v) is 10.8. The van der Waals surface area contributed by atoms with Crippen molar-refractivity contribution in [3.63, 3.8) is 0 Å². The standard InChI is InChI=1S/C17H13N3/c1-2-6-13(7-3-1)15-12-17-18-11-10-16(20(17)19-15)14-8-4-5-9-14/h1-12,14H. The van der Waals surface area contributed by atoms with Crippen LogP contribution in [0.4, 0.5) is 0 Å². The highest BCUT2D eigenvalue weighted by Gasteiger charge is 2.14. The molecule has 20 heavy (non-hydrogen) atoms. The molecule has 96 valence electrons. The molecule has 3 heteroatoms. The average molecular weight is 259 g/mol. The van der Waals surface area contributed by atoms with Gasteiger partial charge in [-0.2, -0.15) is 5.10 Å². The summed E-state index contributed by atoms with van der Waals surface area (Å²) in [5.74, 6) is 0.282. The molecule has 0 unspecified atom stereocenters. The molecule has 0 amide bonds.